The number of carbonyl (C=O) groups excluding carboxylic acids is 2. The molecule has 138 valence electrons. The second-order valence-electron chi connectivity index (χ2n) is 6.08. The van der Waals surface area contributed by atoms with Gasteiger partial charge in [0.15, 0.2) is 0 Å². The molecule has 1 unspecified atom stereocenters. The maximum absolute atomic E-state index is 12.8. The Kier molecular flexibility index (Phi) is 5.99. The molecular weight excluding hydrogens is 400 g/mol. The summed E-state index contributed by atoms with van der Waals surface area (Å²) in [6.07, 6.45) is 1.82. The zero-order valence-electron chi connectivity index (χ0n) is 14.7. The van der Waals surface area contributed by atoms with Crippen molar-refractivity contribution < 1.29 is 9.59 Å². The van der Waals surface area contributed by atoms with E-state index in [0.29, 0.717) is 19.9 Å². The minimum absolute atomic E-state index is 0.257. The Bertz CT molecular complexity index is 941. The Morgan fingerprint density at radius 2 is 1.89 bits per heavy atom. The van der Waals surface area contributed by atoms with E-state index in [4.69, 9.17) is 23.8 Å². The Labute approximate surface area is 172 Å². The molecule has 1 N–H and O–H groups in total. The van der Waals surface area contributed by atoms with Crippen molar-refractivity contribution in [2.24, 2.45) is 0 Å². The molecule has 4 nitrogen and oxygen atoms in total. The van der Waals surface area contributed by atoms with E-state index in [1.165, 1.54) is 16.7 Å². The number of nitrogens with one attached hydrogen (secondary N) is 1. The zero-order valence-corrected chi connectivity index (χ0v) is 17.1. The SMILES string of the molecule is Cc1ccccc1/C=C1\SC(=S)N(C(C)C(=O)Nc2ccc(Cl)cc2)C1=O. The molecule has 0 aromatic heterocycles. The lowest BCUT2D eigenvalue weighted by Crippen LogP contribution is -2.44. The maximum atomic E-state index is 12.8. The minimum Gasteiger partial charge on any atom is -0.324 e. The highest BCUT2D eigenvalue weighted by Gasteiger charge is 2.38. The molecule has 27 heavy (non-hydrogen) atoms. The number of amides is 2. The van der Waals surface area contributed by atoms with Crippen LogP contribution in [0.25, 0.3) is 6.08 Å². The van der Waals surface area contributed by atoms with Crippen molar-refractivity contribution >= 4 is 63.5 Å². The Morgan fingerprint density at radius 3 is 2.56 bits per heavy atom. The van der Waals surface area contributed by atoms with E-state index >= 15 is 0 Å². The van der Waals surface area contributed by atoms with Crippen molar-refractivity contribution in [2.75, 3.05) is 5.32 Å². The molecule has 0 saturated carbocycles. The van der Waals surface area contributed by atoms with E-state index in [1.54, 1.807) is 31.2 Å². The molecule has 1 fully saturated rings. The predicted octanol–water partition coefficient (Wildman–Crippen LogP) is 4.88. The van der Waals surface area contributed by atoms with Gasteiger partial charge in [0.05, 0.1) is 4.91 Å². The molecular formula is C20H17ClN2O2S2. The molecule has 1 aliphatic heterocycles. The van der Waals surface area contributed by atoms with Gasteiger partial charge in [0.1, 0.15) is 10.4 Å². The van der Waals surface area contributed by atoms with Crippen molar-refractivity contribution in [1.82, 2.24) is 4.90 Å². The number of benzene rings is 2. The Hall–Kier alpha value is -2.15. The molecule has 1 atom stereocenters. The molecule has 2 aromatic rings. The first-order valence-corrected chi connectivity index (χ1v) is 9.86. The third-order valence-corrected chi connectivity index (χ3v) is 5.76. The highest BCUT2D eigenvalue weighted by atomic mass is 35.5. The summed E-state index contributed by atoms with van der Waals surface area (Å²) >= 11 is 12.4. The molecule has 3 rings (SSSR count). The van der Waals surface area contributed by atoms with Gasteiger partial charge in [0, 0.05) is 10.7 Å². The largest absolute Gasteiger partial charge is 0.324 e. The first-order valence-electron chi connectivity index (χ1n) is 8.26. The van der Waals surface area contributed by atoms with Crippen LogP contribution in [0.3, 0.4) is 0 Å². The van der Waals surface area contributed by atoms with Crippen molar-refractivity contribution in [3.63, 3.8) is 0 Å². The monoisotopic (exact) mass is 416 g/mol. The van der Waals surface area contributed by atoms with E-state index < -0.39 is 6.04 Å². The average Bonchev–Trinajstić information content (AvgIpc) is 2.92. The molecule has 0 bridgehead atoms. The number of hydrogen-bond donors (Lipinski definition) is 1. The standard InChI is InChI=1S/C20H17ClN2O2S2/c1-12-5-3-4-6-14(12)11-17-19(25)23(20(26)27-17)13(2)18(24)22-16-9-7-15(21)8-10-16/h3-11,13H,1-2H3,(H,22,24)/b17-11-. The van der Waals surface area contributed by atoms with Gasteiger partial charge in [-0.3, -0.25) is 14.5 Å². The number of rotatable bonds is 4. The maximum Gasteiger partial charge on any atom is 0.266 e. The third kappa shape index (κ3) is 4.40. The molecule has 2 amide bonds. The van der Waals surface area contributed by atoms with Crippen LogP contribution >= 0.6 is 35.6 Å². The molecule has 0 aliphatic carbocycles. The summed E-state index contributed by atoms with van der Waals surface area (Å²) in [6, 6.07) is 13.8. The van der Waals surface area contributed by atoms with Crippen molar-refractivity contribution in [2.45, 2.75) is 19.9 Å². The third-order valence-electron chi connectivity index (χ3n) is 4.18. The number of aryl methyl sites for hydroxylation is 1. The zero-order chi connectivity index (χ0) is 19.6. The second kappa shape index (κ2) is 8.25. The van der Waals surface area contributed by atoms with Crippen LogP contribution in [0.1, 0.15) is 18.1 Å². The molecule has 7 heteroatoms. The summed E-state index contributed by atoms with van der Waals surface area (Å²) in [4.78, 5) is 27.3. The summed E-state index contributed by atoms with van der Waals surface area (Å²) in [6.45, 7) is 3.64. The van der Waals surface area contributed by atoms with Gasteiger partial charge in [0.25, 0.3) is 5.91 Å². The summed E-state index contributed by atoms with van der Waals surface area (Å²) in [5.41, 5.74) is 2.63. The molecule has 2 aromatic carbocycles. The molecule has 1 aliphatic rings. The fourth-order valence-electron chi connectivity index (χ4n) is 2.60. The number of anilines is 1. The van der Waals surface area contributed by atoms with Gasteiger partial charge in [-0.2, -0.15) is 0 Å². The summed E-state index contributed by atoms with van der Waals surface area (Å²) in [5, 5.41) is 3.36. The predicted molar refractivity (Wildman–Crippen MR) is 116 cm³/mol. The lowest BCUT2D eigenvalue weighted by molar-refractivity contribution is -0.129. The molecule has 0 spiro atoms. The smallest absolute Gasteiger partial charge is 0.266 e. The van der Waals surface area contributed by atoms with Gasteiger partial charge in [-0.15, -0.1) is 0 Å². The van der Waals surface area contributed by atoms with Crippen molar-refractivity contribution in [3.05, 3.63) is 69.6 Å². The number of thioether (sulfide) groups is 1. The average molecular weight is 417 g/mol. The fraction of sp³-hybridized carbons (Fsp3) is 0.150. The van der Waals surface area contributed by atoms with Crippen LogP contribution in [-0.2, 0) is 9.59 Å². The normalized spacial score (nSPS) is 16.7. The van der Waals surface area contributed by atoms with E-state index in [2.05, 4.69) is 5.32 Å². The van der Waals surface area contributed by atoms with Crippen LogP contribution in [0.15, 0.2) is 53.4 Å². The number of halogens is 1. The Balaban J connectivity index is 1.77. The number of hydrogen-bond acceptors (Lipinski definition) is 4. The first kappa shape index (κ1) is 19.6. The summed E-state index contributed by atoms with van der Waals surface area (Å²) in [5.74, 6) is -0.572. The number of thiocarbonyl (C=S) groups is 1. The van der Waals surface area contributed by atoms with Gasteiger partial charge < -0.3 is 5.32 Å². The van der Waals surface area contributed by atoms with E-state index in [-0.39, 0.29) is 11.8 Å². The van der Waals surface area contributed by atoms with Crippen LogP contribution in [0.4, 0.5) is 5.69 Å². The van der Waals surface area contributed by atoms with Gasteiger partial charge in [-0.1, -0.05) is 59.8 Å². The van der Waals surface area contributed by atoms with Gasteiger partial charge >= 0.3 is 0 Å². The first-order chi connectivity index (χ1) is 12.9. The summed E-state index contributed by atoms with van der Waals surface area (Å²) < 4.78 is 0.374. The van der Waals surface area contributed by atoms with Crippen LogP contribution in [0.2, 0.25) is 5.02 Å². The lowest BCUT2D eigenvalue weighted by Gasteiger charge is -2.22. The van der Waals surface area contributed by atoms with Crippen LogP contribution in [-0.4, -0.2) is 27.1 Å². The van der Waals surface area contributed by atoms with Crippen LogP contribution < -0.4 is 5.32 Å². The summed E-state index contributed by atoms with van der Waals surface area (Å²) in [7, 11) is 0. The van der Waals surface area contributed by atoms with Crippen molar-refractivity contribution in [3.8, 4) is 0 Å². The topological polar surface area (TPSA) is 49.4 Å². The number of carbonyl (C=O) groups is 2. The quantitative estimate of drug-likeness (QED) is 0.570. The molecule has 1 saturated heterocycles. The van der Waals surface area contributed by atoms with Gasteiger partial charge in [-0.25, -0.2) is 0 Å². The number of nitrogens with zero attached hydrogens (tertiary/aromatic N) is 1. The molecule has 1 heterocycles. The lowest BCUT2D eigenvalue weighted by atomic mass is 10.1. The Morgan fingerprint density at radius 1 is 1.22 bits per heavy atom. The van der Waals surface area contributed by atoms with Crippen LogP contribution in [0, 0.1) is 6.92 Å². The van der Waals surface area contributed by atoms with Crippen molar-refractivity contribution in [1.29, 1.82) is 0 Å². The van der Waals surface area contributed by atoms with E-state index in [1.807, 2.05) is 37.3 Å². The van der Waals surface area contributed by atoms with E-state index in [0.717, 1.165) is 11.1 Å². The van der Waals surface area contributed by atoms with Gasteiger partial charge in [-0.05, 0) is 55.3 Å². The minimum atomic E-state index is -0.726. The van der Waals surface area contributed by atoms with Gasteiger partial charge in [0.2, 0.25) is 5.91 Å². The highest BCUT2D eigenvalue weighted by molar-refractivity contribution is 8.26. The van der Waals surface area contributed by atoms with Crippen LogP contribution in [0.5, 0.6) is 0 Å². The second-order valence-corrected chi connectivity index (χ2v) is 8.19. The van der Waals surface area contributed by atoms with E-state index in [9.17, 15) is 9.59 Å². The highest BCUT2D eigenvalue weighted by Crippen LogP contribution is 2.34. The molecule has 0 radical (unpaired) electrons. The fourth-order valence-corrected chi connectivity index (χ4v) is 4.14.